The molecule has 0 heterocycles. The fraction of sp³-hybridized carbons (Fsp3) is 0.0714. The van der Waals surface area contributed by atoms with Crippen LogP contribution in [-0.2, 0) is 0 Å². The number of anilines is 2. The Kier molecular flexibility index (Phi) is 3.67. The second-order valence-corrected chi connectivity index (χ2v) is 4.83. The molecule has 0 saturated heterocycles. The number of nitrogens with two attached hydrogens (primary N) is 1. The minimum atomic E-state index is 0.0655. The van der Waals surface area contributed by atoms with Crippen molar-refractivity contribution in [2.75, 3.05) is 11.9 Å². The zero-order valence-electron chi connectivity index (χ0n) is 10.0. The fourth-order valence-electron chi connectivity index (χ4n) is 1.73. The van der Waals surface area contributed by atoms with Gasteiger partial charge in [0, 0.05) is 28.5 Å². The lowest BCUT2D eigenvalue weighted by Crippen LogP contribution is -2.13. The lowest BCUT2D eigenvalue weighted by molar-refractivity contribution is 1.20. The first-order valence-electron chi connectivity index (χ1n) is 5.52. The van der Waals surface area contributed by atoms with Crippen molar-refractivity contribution in [3.63, 3.8) is 0 Å². The molecular formula is C14H14BrN3. The van der Waals surface area contributed by atoms with Gasteiger partial charge in [-0.25, -0.2) is 0 Å². The largest absolute Gasteiger partial charge is 0.384 e. The standard InChI is InChI=1S/C14H14BrN3/c1-18(10-5-3-2-4-6-10)11-7-8-12(14(16)17)13(15)9-11/h2-9H,1H3,(H3,16,17). The molecule has 0 atom stereocenters. The first-order valence-corrected chi connectivity index (χ1v) is 6.31. The molecule has 0 aliphatic heterocycles. The molecule has 4 heteroatoms. The molecule has 2 rings (SSSR count). The average Bonchev–Trinajstić information content (AvgIpc) is 2.38. The number of hydrogen-bond donors (Lipinski definition) is 2. The maximum Gasteiger partial charge on any atom is 0.123 e. The molecule has 0 saturated carbocycles. The predicted molar refractivity (Wildman–Crippen MR) is 79.7 cm³/mol. The third-order valence-electron chi connectivity index (χ3n) is 2.77. The van der Waals surface area contributed by atoms with Crippen LogP contribution in [0.1, 0.15) is 5.56 Å². The Morgan fingerprint density at radius 1 is 1.11 bits per heavy atom. The number of amidine groups is 1. The number of rotatable bonds is 3. The SMILES string of the molecule is CN(c1ccccc1)c1ccc(C(=N)N)c(Br)c1. The van der Waals surface area contributed by atoms with Crippen LogP contribution in [-0.4, -0.2) is 12.9 Å². The summed E-state index contributed by atoms with van der Waals surface area (Å²) in [6.07, 6.45) is 0. The van der Waals surface area contributed by atoms with Crippen LogP contribution in [0.2, 0.25) is 0 Å². The minimum absolute atomic E-state index is 0.0655. The smallest absolute Gasteiger partial charge is 0.123 e. The van der Waals surface area contributed by atoms with Crippen molar-refractivity contribution in [2.24, 2.45) is 5.73 Å². The van der Waals surface area contributed by atoms with Crippen molar-refractivity contribution in [3.05, 3.63) is 58.6 Å². The summed E-state index contributed by atoms with van der Waals surface area (Å²) in [7, 11) is 2.00. The quantitative estimate of drug-likeness (QED) is 0.673. The summed E-state index contributed by atoms with van der Waals surface area (Å²) < 4.78 is 0.829. The van der Waals surface area contributed by atoms with Gasteiger partial charge in [0.2, 0.25) is 0 Å². The summed E-state index contributed by atoms with van der Waals surface area (Å²) >= 11 is 3.44. The van der Waals surface area contributed by atoms with Crippen LogP contribution < -0.4 is 10.6 Å². The van der Waals surface area contributed by atoms with Gasteiger partial charge in [0.1, 0.15) is 5.84 Å². The molecule has 2 aromatic carbocycles. The van der Waals surface area contributed by atoms with E-state index in [1.165, 1.54) is 0 Å². The van der Waals surface area contributed by atoms with E-state index in [1.54, 1.807) is 0 Å². The van der Waals surface area contributed by atoms with Crippen molar-refractivity contribution >= 4 is 33.1 Å². The number of para-hydroxylation sites is 1. The lowest BCUT2D eigenvalue weighted by Gasteiger charge is -2.20. The number of nitrogen functional groups attached to an aromatic ring is 1. The molecule has 92 valence electrons. The normalized spacial score (nSPS) is 10.1. The van der Waals surface area contributed by atoms with Crippen molar-refractivity contribution in [1.29, 1.82) is 5.41 Å². The third-order valence-corrected chi connectivity index (χ3v) is 3.43. The number of benzene rings is 2. The maximum absolute atomic E-state index is 7.45. The molecule has 3 N–H and O–H groups in total. The van der Waals surface area contributed by atoms with Crippen LogP contribution >= 0.6 is 15.9 Å². The molecule has 0 amide bonds. The Labute approximate surface area is 115 Å². The number of halogens is 1. The fourth-order valence-corrected chi connectivity index (χ4v) is 2.31. The Morgan fingerprint density at radius 3 is 2.33 bits per heavy atom. The van der Waals surface area contributed by atoms with Gasteiger partial charge >= 0.3 is 0 Å². The van der Waals surface area contributed by atoms with Crippen LogP contribution in [0.25, 0.3) is 0 Å². The Bertz CT molecular complexity index is 567. The van der Waals surface area contributed by atoms with Gasteiger partial charge in [-0.1, -0.05) is 18.2 Å². The van der Waals surface area contributed by atoms with Gasteiger partial charge in [-0.05, 0) is 46.3 Å². The highest BCUT2D eigenvalue weighted by molar-refractivity contribution is 9.10. The monoisotopic (exact) mass is 303 g/mol. The van der Waals surface area contributed by atoms with E-state index in [9.17, 15) is 0 Å². The van der Waals surface area contributed by atoms with Crippen LogP contribution in [0.4, 0.5) is 11.4 Å². The molecule has 0 bridgehead atoms. The van der Waals surface area contributed by atoms with E-state index >= 15 is 0 Å². The summed E-state index contributed by atoms with van der Waals surface area (Å²) in [5, 5.41) is 7.45. The van der Waals surface area contributed by atoms with Crippen molar-refractivity contribution in [1.82, 2.24) is 0 Å². The number of nitrogens with zero attached hydrogens (tertiary/aromatic N) is 1. The second-order valence-electron chi connectivity index (χ2n) is 3.97. The van der Waals surface area contributed by atoms with Gasteiger partial charge in [-0.15, -0.1) is 0 Å². The van der Waals surface area contributed by atoms with E-state index in [1.807, 2.05) is 55.6 Å². The summed E-state index contributed by atoms with van der Waals surface area (Å²) in [5.41, 5.74) is 8.35. The Morgan fingerprint density at radius 2 is 1.78 bits per heavy atom. The summed E-state index contributed by atoms with van der Waals surface area (Å²) in [4.78, 5) is 2.08. The first-order chi connectivity index (χ1) is 8.59. The molecule has 18 heavy (non-hydrogen) atoms. The Hall–Kier alpha value is -1.81. The van der Waals surface area contributed by atoms with Crippen molar-refractivity contribution in [3.8, 4) is 0 Å². The van der Waals surface area contributed by atoms with E-state index in [0.717, 1.165) is 15.8 Å². The molecule has 2 aromatic rings. The topological polar surface area (TPSA) is 53.1 Å². The highest BCUT2D eigenvalue weighted by Crippen LogP contribution is 2.27. The molecule has 0 aliphatic carbocycles. The molecule has 0 radical (unpaired) electrons. The second kappa shape index (κ2) is 5.23. The van der Waals surface area contributed by atoms with E-state index in [0.29, 0.717) is 5.56 Å². The summed E-state index contributed by atoms with van der Waals surface area (Å²) in [5.74, 6) is 0.0655. The van der Waals surface area contributed by atoms with E-state index < -0.39 is 0 Å². The number of hydrogen-bond acceptors (Lipinski definition) is 2. The van der Waals surface area contributed by atoms with E-state index in [-0.39, 0.29) is 5.84 Å². The van der Waals surface area contributed by atoms with Crippen LogP contribution in [0.5, 0.6) is 0 Å². The average molecular weight is 304 g/mol. The van der Waals surface area contributed by atoms with E-state index in [2.05, 4.69) is 20.8 Å². The molecule has 0 spiro atoms. The molecule has 0 aromatic heterocycles. The highest BCUT2D eigenvalue weighted by atomic mass is 79.9. The van der Waals surface area contributed by atoms with Gasteiger partial charge in [0.05, 0.1) is 0 Å². The zero-order chi connectivity index (χ0) is 13.1. The van der Waals surface area contributed by atoms with Crippen LogP contribution in [0, 0.1) is 5.41 Å². The molecule has 0 fully saturated rings. The summed E-state index contributed by atoms with van der Waals surface area (Å²) in [6.45, 7) is 0. The first kappa shape index (κ1) is 12.6. The molecule has 0 unspecified atom stereocenters. The van der Waals surface area contributed by atoms with Crippen molar-refractivity contribution < 1.29 is 0 Å². The van der Waals surface area contributed by atoms with E-state index in [4.69, 9.17) is 11.1 Å². The number of nitrogens with one attached hydrogen (secondary N) is 1. The maximum atomic E-state index is 7.45. The summed E-state index contributed by atoms with van der Waals surface area (Å²) in [6, 6.07) is 15.9. The predicted octanol–water partition coefficient (Wildman–Crippen LogP) is 3.50. The molecule has 3 nitrogen and oxygen atoms in total. The Balaban J connectivity index is 2.35. The van der Waals surface area contributed by atoms with Crippen LogP contribution in [0.15, 0.2) is 53.0 Å². The minimum Gasteiger partial charge on any atom is -0.384 e. The molecular weight excluding hydrogens is 290 g/mol. The highest BCUT2D eigenvalue weighted by Gasteiger charge is 2.08. The van der Waals surface area contributed by atoms with Crippen LogP contribution in [0.3, 0.4) is 0 Å². The van der Waals surface area contributed by atoms with Gasteiger partial charge in [-0.2, -0.15) is 0 Å². The lowest BCUT2D eigenvalue weighted by atomic mass is 10.1. The van der Waals surface area contributed by atoms with Gasteiger partial charge in [-0.3, -0.25) is 5.41 Å². The van der Waals surface area contributed by atoms with Gasteiger partial charge in [0.25, 0.3) is 0 Å². The van der Waals surface area contributed by atoms with Gasteiger partial charge in [0.15, 0.2) is 0 Å². The third kappa shape index (κ3) is 2.54. The van der Waals surface area contributed by atoms with Crippen molar-refractivity contribution in [2.45, 2.75) is 0 Å². The van der Waals surface area contributed by atoms with Gasteiger partial charge < -0.3 is 10.6 Å². The molecule has 0 aliphatic rings. The zero-order valence-corrected chi connectivity index (χ0v) is 11.6.